The van der Waals surface area contributed by atoms with Gasteiger partial charge >= 0.3 is 0 Å². The fourth-order valence-corrected chi connectivity index (χ4v) is 3.24. The molecule has 0 spiro atoms. The summed E-state index contributed by atoms with van der Waals surface area (Å²) in [6.07, 6.45) is 0. The van der Waals surface area contributed by atoms with E-state index in [0.717, 1.165) is 38.2 Å². The van der Waals surface area contributed by atoms with Gasteiger partial charge in [0.15, 0.2) is 0 Å². The van der Waals surface area contributed by atoms with Crippen LogP contribution in [0.4, 0.5) is 0 Å². The average Bonchev–Trinajstić information content (AvgIpc) is 2.92. The summed E-state index contributed by atoms with van der Waals surface area (Å²) in [6.45, 7) is 0. The molecule has 3 heteroatoms. The quantitative estimate of drug-likeness (QED) is 0.431. The van der Waals surface area contributed by atoms with E-state index >= 15 is 0 Å². The van der Waals surface area contributed by atoms with Gasteiger partial charge in [-0.1, -0.05) is 42.5 Å². The Balaban J connectivity index is 2.27. The number of fused-ring (bicyclic) bond motifs is 4. The second-order valence-corrected chi connectivity index (χ2v) is 5.27. The van der Waals surface area contributed by atoms with Gasteiger partial charge in [-0.15, -0.1) is 0 Å². The third-order valence-electron chi connectivity index (χ3n) is 4.14. The van der Waals surface area contributed by atoms with Crippen LogP contribution in [0.15, 0.2) is 65.5 Å². The van der Waals surface area contributed by atoms with Gasteiger partial charge in [0, 0.05) is 16.2 Å². The maximum absolute atomic E-state index is 12.9. The highest BCUT2D eigenvalue weighted by molar-refractivity contribution is 6.15. The molecule has 0 aliphatic rings. The third-order valence-corrected chi connectivity index (χ3v) is 4.14. The Morgan fingerprint density at radius 3 is 2.43 bits per heavy atom. The average molecular weight is 270 g/mol. The van der Waals surface area contributed by atoms with Crippen LogP contribution in [0.3, 0.4) is 0 Å². The number of aromatic nitrogens is 2. The molecule has 0 fully saturated rings. The lowest BCUT2D eigenvalue weighted by molar-refractivity contribution is 1.19. The molecule has 0 N–H and O–H groups in total. The van der Waals surface area contributed by atoms with Gasteiger partial charge < -0.3 is 0 Å². The monoisotopic (exact) mass is 270 g/mol. The van der Waals surface area contributed by atoms with Crippen LogP contribution >= 0.6 is 0 Å². The van der Waals surface area contributed by atoms with Crippen molar-refractivity contribution in [2.45, 2.75) is 0 Å². The fourth-order valence-electron chi connectivity index (χ4n) is 3.24. The van der Waals surface area contributed by atoms with E-state index in [1.54, 1.807) is 4.40 Å². The first-order chi connectivity index (χ1) is 10.3. The molecule has 3 nitrogen and oxygen atoms in total. The minimum absolute atomic E-state index is 0.00278. The summed E-state index contributed by atoms with van der Waals surface area (Å²) in [5, 5.41) is 3.86. The predicted octanol–water partition coefficient (Wildman–Crippen LogP) is 3.59. The van der Waals surface area contributed by atoms with Gasteiger partial charge in [-0.3, -0.25) is 9.20 Å². The minimum atomic E-state index is 0.00278. The first kappa shape index (κ1) is 10.8. The lowest BCUT2D eigenvalue weighted by Gasteiger charge is -2.06. The first-order valence-corrected chi connectivity index (χ1v) is 6.89. The van der Waals surface area contributed by atoms with Gasteiger partial charge in [0.25, 0.3) is 5.56 Å². The molecule has 0 atom stereocenters. The van der Waals surface area contributed by atoms with Crippen LogP contribution in [0.2, 0.25) is 0 Å². The molecule has 21 heavy (non-hydrogen) atoms. The Morgan fingerprint density at radius 2 is 1.57 bits per heavy atom. The highest BCUT2D eigenvalue weighted by atomic mass is 16.1. The van der Waals surface area contributed by atoms with E-state index in [-0.39, 0.29) is 5.56 Å². The van der Waals surface area contributed by atoms with Crippen LogP contribution in [0.5, 0.6) is 0 Å². The fraction of sp³-hybridized carbons (Fsp3) is 0. The lowest BCUT2D eigenvalue weighted by atomic mass is 10.0. The van der Waals surface area contributed by atoms with Crippen LogP contribution in [0, 0.1) is 0 Å². The number of hydrogen-bond donors (Lipinski definition) is 0. The van der Waals surface area contributed by atoms with Crippen molar-refractivity contribution in [3.05, 3.63) is 71.0 Å². The van der Waals surface area contributed by atoms with Crippen LogP contribution in [-0.2, 0) is 0 Å². The summed E-state index contributed by atoms with van der Waals surface area (Å²) >= 11 is 0. The Bertz CT molecular complexity index is 1200. The zero-order valence-corrected chi connectivity index (χ0v) is 11.1. The molecule has 0 saturated carbocycles. The molecule has 0 radical (unpaired) electrons. The molecule has 5 rings (SSSR count). The van der Waals surface area contributed by atoms with Crippen molar-refractivity contribution < 1.29 is 0 Å². The van der Waals surface area contributed by atoms with E-state index in [1.807, 2.05) is 60.7 Å². The normalized spacial score (nSPS) is 12.0. The van der Waals surface area contributed by atoms with Gasteiger partial charge in [-0.25, -0.2) is 4.98 Å². The maximum atomic E-state index is 12.9. The molecule has 0 aliphatic heterocycles. The van der Waals surface area contributed by atoms with Crippen LogP contribution < -0.4 is 5.56 Å². The van der Waals surface area contributed by atoms with E-state index in [4.69, 9.17) is 0 Å². The number of nitrogens with zero attached hydrogens (tertiary/aromatic N) is 2. The number of pyridine rings is 1. The number of hydrogen-bond acceptors (Lipinski definition) is 2. The molecule has 2 aromatic heterocycles. The molecule has 98 valence electrons. The molecule has 2 heterocycles. The Labute approximate surface area is 119 Å². The second-order valence-electron chi connectivity index (χ2n) is 5.27. The minimum Gasteiger partial charge on any atom is -0.268 e. The number of para-hydroxylation sites is 2. The lowest BCUT2D eigenvalue weighted by Crippen LogP contribution is -2.13. The number of rotatable bonds is 0. The number of imidazole rings is 1. The summed E-state index contributed by atoms with van der Waals surface area (Å²) in [4.78, 5) is 17.6. The van der Waals surface area contributed by atoms with Gasteiger partial charge in [-0.2, -0.15) is 0 Å². The van der Waals surface area contributed by atoms with E-state index in [1.165, 1.54) is 0 Å². The molecule has 0 amide bonds. The van der Waals surface area contributed by atoms with E-state index in [0.29, 0.717) is 0 Å². The van der Waals surface area contributed by atoms with Gasteiger partial charge in [-0.05, 0) is 23.6 Å². The standard InChI is InChI=1S/C18H10N2O/c21-18-13-8-4-6-11-5-3-7-12(16(11)13)17-19-14-9-1-2-10-15(14)20(17)18/h1-10H. The second kappa shape index (κ2) is 3.58. The maximum Gasteiger partial charge on any atom is 0.264 e. The summed E-state index contributed by atoms with van der Waals surface area (Å²) in [7, 11) is 0. The predicted molar refractivity (Wildman–Crippen MR) is 85.2 cm³/mol. The van der Waals surface area contributed by atoms with Crippen molar-refractivity contribution in [1.82, 2.24) is 9.38 Å². The molecule has 5 aromatic rings. The molecule has 0 aliphatic carbocycles. The summed E-state index contributed by atoms with van der Waals surface area (Å²) < 4.78 is 1.73. The smallest absolute Gasteiger partial charge is 0.264 e. The highest BCUT2D eigenvalue weighted by Crippen LogP contribution is 2.29. The van der Waals surface area contributed by atoms with Gasteiger partial charge in [0.2, 0.25) is 0 Å². The van der Waals surface area contributed by atoms with Crippen LogP contribution in [0.25, 0.3) is 38.2 Å². The largest absolute Gasteiger partial charge is 0.268 e. The number of benzene rings is 3. The first-order valence-electron chi connectivity index (χ1n) is 6.89. The highest BCUT2D eigenvalue weighted by Gasteiger charge is 2.14. The van der Waals surface area contributed by atoms with Crippen LogP contribution in [-0.4, -0.2) is 9.38 Å². The van der Waals surface area contributed by atoms with E-state index in [2.05, 4.69) is 4.98 Å². The van der Waals surface area contributed by atoms with Crippen molar-refractivity contribution in [1.29, 1.82) is 0 Å². The molecular weight excluding hydrogens is 260 g/mol. The van der Waals surface area contributed by atoms with Crippen molar-refractivity contribution >= 4 is 38.2 Å². The zero-order chi connectivity index (χ0) is 14.0. The van der Waals surface area contributed by atoms with Crippen molar-refractivity contribution in [3.8, 4) is 0 Å². The molecule has 0 unspecified atom stereocenters. The van der Waals surface area contributed by atoms with E-state index < -0.39 is 0 Å². The summed E-state index contributed by atoms with van der Waals surface area (Å²) in [5.41, 5.74) is 2.46. The Hall–Kier alpha value is -2.94. The van der Waals surface area contributed by atoms with E-state index in [9.17, 15) is 4.79 Å². The Kier molecular flexibility index (Phi) is 1.84. The van der Waals surface area contributed by atoms with Crippen LogP contribution in [0.1, 0.15) is 0 Å². The molecule has 0 saturated heterocycles. The van der Waals surface area contributed by atoms with Crippen molar-refractivity contribution in [3.63, 3.8) is 0 Å². The van der Waals surface area contributed by atoms with Crippen molar-refractivity contribution in [2.75, 3.05) is 0 Å². The summed E-state index contributed by atoms with van der Waals surface area (Å²) in [5.74, 6) is 0. The summed E-state index contributed by atoms with van der Waals surface area (Å²) in [6, 6.07) is 19.7. The topological polar surface area (TPSA) is 34.4 Å². The third kappa shape index (κ3) is 1.23. The molecular formula is C18H10N2O. The molecule has 0 bridgehead atoms. The van der Waals surface area contributed by atoms with Gasteiger partial charge in [0.1, 0.15) is 5.65 Å². The molecule has 3 aromatic carbocycles. The van der Waals surface area contributed by atoms with Crippen molar-refractivity contribution in [2.24, 2.45) is 0 Å². The zero-order valence-electron chi connectivity index (χ0n) is 11.1. The Morgan fingerprint density at radius 1 is 0.810 bits per heavy atom. The SMILES string of the molecule is O=c1c2cccc3cccc(c32)c2nc3ccccc3n12. The van der Waals surface area contributed by atoms with Gasteiger partial charge in [0.05, 0.1) is 11.0 Å².